The second-order valence-electron chi connectivity index (χ2n) is 11.6. The van der Waals surface area contributed by atoms with Crippen molar-refractivity contribution in [3.8, 4) is 34.2 Å². The van der Waals surface area contributed by atoms with Crippen LogP contribution in [0.5, 0.6) is 0 Å². The fourth-order valence-electron chi connectivity index (χ4n) is 6.26. The first-order chi connectivity index (χ1) is 23.7. The van der Waals surface area contributed by atoms with E-state index >= 15 is 0 Å². The van der Waals surface area contributed by atoms with Crippen LogP contribution < -0.4 is 0 Å². The molecule has 0 saturated heterocycles. The SMILES string of the molecule is C=C/C=C(\C=C/Cc1ccc2ccccc2c1-c1nc(-c2ccccc2)nc(-c2ccccc2)n1)c1ccc2sc3ccccc3c2c1. The standard InChI is InChI=1S/C44H31N3S/c1-2-14-30(35-27-28-40-38(29-35)37-23-11-12-24-39(37)48-40)20-13-21-32-26-25-31-15-9-10-22-36(31)41(32)44-46-42(33-16-5-3-6-17-33)45-43(47-44)34-18-7-4-8-19-34/h2-20,22-29H,1,21H2/b20-13-,30-14+. The number of rotatable bonds is 8. The zero-order valence-electron chi connectivity index (χ0n) is 26.3. The summed E-state index contributed by atoms with van der Waals surface area (Å²) in [5, 5.41) is 4.84. The lowest BCUT2D eigenvalue weighted by Gasteiger charge is -2.14. The highest BCUT2D eigenvalue weighted by Crippen LogP contribution is 2.36. The van der Waals surface area contributed by atoms with Crippen LogP contribution in [-0.4, -0.2) is 15.0 Å². The Balaban J connectivity index is 1.22. The van der Waals surface area contributed by atoms with Crippen molar-refractivity contribution in [2.24, 2.45) is 0 Å². The molecule has 0 aliphatic heterocycles. The van der Waals surface area contributed by atoms with Crippen LogP contribution in [0.1, 0.15) is 11.1 Å². The number of hydrogen-bond acceptors (Lipinski definition) is 4. The first-order valence-corrected chi connectivity index (χ1v) is 16.9. The van der Waals surface area contributed by atoms with Gasteiger partial charge in [0.1, 0.15) is 0 Å². The number of benzene rings is 6. The van der Waals surface area contributed by atoms with E-state index in [0.717, 1.165) is 38.6 Å². The van der Waals surface area contributed by atoms with Crippen LogP contribution in [0.25, 0.3) is 70.7 Å². The first kappa shape index (κ1) is 29.4. The van der Waals surface area contributed by atoms with E-state index in [2.05, 4.69) is 104 Å². The minimum atomic E-state index is 0.654. The van der Waals surface area contributed by atoms with Crippen molar-refractivity contribution in [3.05, 3.63) is 182 Å². The molecule has 3 nitrogen and oxygen atoms in total. The van der Waals surface area contributed by atoms with Crippen molar-refractivity contribution in [2.45, 2.75) is 6.42 Å². The van der Waals surface area contributed by atoms with Crippen LogP contribution in [0.4, 0.5) is 0 Å². The Bertz CT molecular complexity index is 2430. The highest BCUT2D eigenvalue weighted by atomic mass is 32.1. The molecule has 0 radical (unpaired) electrons. The summed E-state index contributed by atoms with van der Waals surface area (Å²) in [6, 6.07) is 48.5. The third-order valence-electron chi connectivity index (χ3n) is 8.58. The van der Waals surface area contributed by atoms with E-state index in [9.17, 15) is 0 Å². The van der Waals surface area contributed by atoms with Gasteiger partial charge in [-0.25, -0.2) is 15.0 Å². The summed E-state index contributed by atoms with van der Waals surface area (Å²) in [7, 11) is 0. The monoisotopic (exact) mass is 633 g/mol. The predicted octanol–water partition coefficient (Wildman–Crippen LogP) is 11.8. The van der Waals surface area contributed by atoms with Crippen LogP contribution in [0.15, 0.2) is 170 Å². The Kier molecular flexibility index (Phi) is 7.99. The van der Waals surface area contributed by atoms with Gasteiger partial charge in [-0.3, -0.25) is 0 Å². The summed E-state index contributed by atoms with van der Waals surface area (Å²) in [5.74, 6) is 1.97. The van der Waals surface area contributed by atoms with Gasteiger partial charge in [0.2, 0.25) is 0 Å². The summed E-state index contributed by atoms with van der Waals surface area (Å²) in [4.78, 5) is 15.2. The summed E-state index contributed by atoms with van der Waals surface area (Å²) in [6.45, 7) is 4.02. The Morgan fingerprint density at radius 3 is 1.94 bits per heavy atom. The van der Waals surface area contributed by atoms with E-state index in [-0.39, 0.29) is 0 Å². The maximum Gasteiger partial charge on any atom is 0.165 e. The van der Waals surface area contributed by atoms with Crippen molar-refractivity contribution in [3.63, 3.8) is 0 Å². The lowest BCUT2D eigenvalue weighted by molar-refractivity contribution is 1.07. The van der Waals surface area contributed by atoms with E-state index in [4.69, 9.17) is 15.0 Å². The second kappa shape index (κ2) is 13.0. The summed E-state index contributed by atoms with van der Waals surface area (Å²) in [5.41, 5.74) is 6.35. The molecule has 2 heterocycles. The van der Waals surface area contributed by atoms with E-state index in [1.54, 1.807) is 0 Å². The molecule has 4 heteroatoms. The average molecular weight is 634 g/mol. The lowest BCUT2D eigenvalue weighted by atomic mass is 9.95. The Morgan fingerprint density at radius 2 is 1.21 bits per heavy atom. The normalized spacial score (nSPS) is 12.0. The number of nitrogens with zero attached hydrogens (tertiary/aromatic N) is 3. The number of aromatic nitrogens is 3. The summed E-state index contributed by atoms with van der Waals surface area (Å²) >= 11 is 1.84. The van der Waals surface area contributed by atoms with E-state index in [0.29, 0.717) is 23.9 Å². The van der Waals surface area contributed by atoms with Crippen molar-refractivity contribution in [1.82, 2.24) is 15.0 Å². The molecule has 0 fully saturated rings. The Hall–Kier alpha value is -5.97. The molecule has 0 aliphatic rings. The molecule has 0 aliphatic carbocycles. The van der Waals surface area contributed by atoms with Gasteiger partial charge in [0.25, 0.3) is 0 Å². The summed E-state index contributed by atoms with van der Waals surface area (Å²) < 4.78 is 2.60. The van der Waals surface area contributed by atoms with Crippen molar-refractivity contribution >= 4 is 47.9 Å². The molecule has 0 saturated carbocycles. The van der Waals surface area contributed by atoms with Crippen LogP contribution in [0, 0.1) is 0 Å². The minimum absolute atomic E-state index is 0.654. The minimum Gasteiger partial charge on any atom is -0.208 e. The van der Waals surface area contributed by atoms with Crippen LogP contribution in [0.3, 0.4) is 0 Å². The van der Waals surface area contributed by atoms with E-state index in [1.165, 1.54) is 25.7 Å². The average Bonchev–Trinajstić information content (AvgIpc) is 3.53. The molecule has 8 aromatic rings. The molecule has 0 spiro atoms. The largest absolute Gasteiger partial charge is 0.208 e. The van der Waals surface area contributed by atoms with Gasteiger partial charge in [-0.05, 0) is 52.1 Å². The highest BCUT2D eigenvalue weighted by Gasteiger charge is 2.17. The lowest BCUT2D eigenvalue weighted by Crippen LogP contribution is -2.02. The first-order valence-electron chi connectivity index (χ1n) is 16.0. The van der Waals surface area contributed by atoms with Gasteiger partial charge in [-0.15, -0.1) is 11.3 Å². The van der Waals surface area contributed by atoms with Gasteiger partial charge in [-0.1, -0.05) is 152 Å². The maximum absolute atomic E-state index is 5.11. The van der Waals surface area contributed by atoms with Crippen LogP contribution in [0.2, 0.25) is 0 Å². The molecule has 0 amide bonds. The summed E-state index contributed by atoms with van der Waals surface area (Å²) in [6.07, 6.45) is 9.08. The van der Waals surface area contributed by atoms with Crippen molar-refractivity contribution in [1.29, 1.82) is 0 Å². The Labute approximate surface area is 283 Å². The molecule has 0 bridgehead atoms. The molecule has 48 heavy (non-hydrogen) atoms. The zero-order chi connectivity index (χ0) is 32.3. The van der Waals surface area contributed by atoms with E-state index < -0.39 is 0 Å². The van der Waals surface area contributed by atoms with Gasteiger partial charge in [0, 0.05) is 36.9 Å². The van der Waals surface area contributed by atoms with Gasteiger partial charge in [0.05, 0.1) is 0 Å². The second-order valence-corrected chi connectivity index (χ2v) is 12.7. The van der Waals surface area contributed by atoms with Gasteiger partial charge >= 0.3 is 0 Å². The predicted molar refractivity (Wildman–Crippen MR) is 204 cm³/mol. The zero-order valence-corrected chi connectivity index (χ0v) is 27.1. The van der Waals surface area contributed by atoms with Crippen molar-refractivity contribution < 1.29 is 0 Å². The quantitative estimate of drug-likeness (QED) is 0.156. The highest BCUT2D eigenvalue weighted by molar-refractivity contribution is 7.25. The Morgan fingerprint density at radius 1 is 0.583 bits per heavy atom. The number of thiophene rings is 1. The fourth-order valence-corrected chi connectivity index (χ4v) is 7.35. The topological polar surface area (TPSA) is 38.7 Å². The molecule has 0 unspecified atom stereocenters. The fraction of sp³-hybridized carbons (Fsp3) is 0.0227. The third kappa shape index (κ3) is 5.74. The van der Waals surface area contributed by atoms with Gasteiger partial charge in [-0.2, -0.15) is 0 Å². The molecule has 0 N–H and O–H groups in total. The number of allylic oxidation sites excluding steroid dienone is 5. The number of hydrogen-bond donors (Lipinski definition) is 0. The smallest absolute Gasteiger partial charge is 0.165 e. The number of fused-ring (bicyclic) bond motifs is 4. The van der Waals surface area contributed by atoms with Crippen LogP contribution >= 0.6 is 11.3 Å². The molecule has 2 aromatic heterocycles. The molecular formula is C44H31N3S. The molecule has 228 valence electrons. The van der Waals surface area contributed by atoms with Crippen molar-refractivity contribution in [2.75, 3.05) is 0 Å². The van der Waals surface area contributed by atoms with Crippen LogP contribution in [-0.2, 0) is 6.42 Å². The van der Waals surface area contributed by atoms with Gasteiger partial charge < -0.3 is 0 Å². The molecule has 8 rings (SSSR count). The molecule has 0 atom stereocenters. The molecule has 6 aromatic carbocycles. The molecular weight excluding hydrogens is 603 g/mol. The third-order valence-corrected chi connectivity index (χ3v) is 9.73. The van der Waals surface area contributed by atoms with E-state index in [1.807, 2.05) is 78.1 Å². The van der Waals surface area contributed by atoms with Gasteiger partial charge in [0.15, 0.2) is 17.5 Å². The maximum atomic E-state index is 5.11.